The van der Waals surface area contributed by atoms with E-state index in [-0.39, 0.29) is 5.91 Å². The van der Waals surface area contributed by atoms with Gasteiger partial charge in [-0.2, -0.15) is 5.10 Å². The molecule has 2 aromatic rings. The first-order chi connectivity index (χ1) is 9.27. The van der Waals surface area contributed by atoms with Gasteiger partial charge in [0.25, 0.3) is 5.91 Å². The normalized spacial score (nSPS) is 10.8. The van der Waals surface area contributed by atoms with Crippen molar-refractivity contribution in [2.45, 2.75) is 0 Å². The maximum absolute atomic E-state index is 12.4. The van der Waals surface area contributed by atoms with Crippen LogP contribution in [0.25, 0.3) is 5.52 Å². The molecule has 0 saturated heterocycles. The van der Waals surface area contributed by atoms with E-state index in [2.05, 4.69) is 10.1 Å². The SMILES string of the molecule is COCCN(CCN)C(=O)c1cnn2ccncc12. The number of aromatic nitrogens is 3. The van der Waals surface area contributed by atoms with Gasteiger partial charge in [0.2, 0.25) is 0 Å². The molecule has 7 heteroatoms. The lowest BCUT2D eigenvalue weighted by atomic mass is 10.2. The van der Waals surface area contributed by atoms with Crippen LogP contribution in [0.15, 0.2) is 24.8 Å². The molecule has 2 heterocycles. The van der Waals surface area contributed by atoms with Crippen LogP contribution in [0.5, 0.6) is 0 Å². The maximum atomic E-state index is 12.4. The van der Waals surface area contributed by atoms with Crippen molar-refractivity contribution in [2.24, 2.45) is 5.73 Å². The number of methoxy groups -OCH3 is 1. The maximum Gasteiger partial charge on any atom is 0.257 e. The van der Waals surface area contributed by atoms with Gasteiger partial charge < -0.3 is 15.4 Å². The molecular formula is C12H17N5O2. The highest BCUT2D eigenvalue weighted by Gasteiger charge is 2.19. The van der Waals surface area contributed by atoms with Gasteiger partial charge in [-0.1, -0.05) is 0 Å². The number of fused-ring (bicyclic) bond motifs is 1. The minimum absolute atomic E-state index is 0.106. The van der Waals surface area contributed by atoms with Crippen LogP contribution in [0.3, 0.4) is 0 Å². The third kappa shape index (κ3) is 2.88. The molecule has 19 heavy (non-hydrogen) atoms. The summed E-state index contributed by atoms with van der Waals surface area (Å²) in [6.45, 7) is 1.88. The second-order valence-electron chi connectivity index (χ2n) is 4.04. The van der Waals surface area contributed by atoms with Crippen molar-refractivity contribution >= 4 is 11.4 Å². The molecule has 0 aromatic carbocycles. The van der Waals surface area contributed by atoms with Crippen molar-refractivity contribution in [3.63, 3.8) is 0 Å². The van der Waals surface area contributed by atoms with Crippen molar-refractivity contribution in [1.29, 1.82) is 0 Å². The third-order valence-corrected chi connectivity index (χ3v) is 2.81. The van der Waals surface area contributed by atoms with Gasteiger partial charge in [-0.3, -0.25) is 9.78 Å². The number of rotatable bonds is 6. The molecule has 0 aliphatic heterocycles. The van der Waals surface area contributed by atoms with E-state index in [1.54, 1.807) is 41.3 Å². The Bertz CT molecular complexity index is 554. The van der Waals surface area contributed by atoms with E-state index in [0.717, 1.165) is 0 Å². The largest absolute Gasteiger partial charge is 0.383 e. The van der Waals surface area contributed by atoms with Gasteiger partial charge in [0.1, 0.15) is 0 Å². The summed E-state index contributed by atoms with van der Waals surface area (Å²) < 4.78 is 6.63. The van der Waals surface area contributed by atoms with E-state index >= 15 is 0 Å². The minimum Gasteiger partial charge on any atom is -0.383 e. The van der Waals surface area contributed by atoms with Gasteiger partial charge in [0, 0.05) is 39.1 Å². The van der Waals surface area contributed by atoms with Crippen molar-refractivity contribution in [3.8, 4) is 0 Å². The fraction of sp³-hybridized carbons (Fsp3) is 0.417. The number of ether oxygens (including phenoxy) is 1. The third-order valence-electron chi connectivity index (χ3n) is 2.81. The molecule has 1 amide bonds. The summed E-state index contributed by atoms with van der Waals surface area (Å²) >= 11 is 0. The predicted octanol–water partition coefficient (Wildman–Crippen LogP) is -0.223. The molecule has 0 fully saturated rings. The second-order valence-corrected chi connectivity index (χ2v) is 4.04. The van der Waals surface area contributed by atoms with Gasteiger partial charge in [-0.25, -0.2) is 4.52 Å². The number of hydrogen-bond donors (Lipinski definition) is 1. The van der Waals surface area contributed by atoms with Crippen molar-refractivity contribution in [2.75, 3.05) is 33.4 Å². The average Bonchev–Trinajstić information content (AvgIpc) is 2.86. The van der Waals surface area contributed by atoms with Crippen LogP contribution in [0.1, 0.15) is 10.4 Å². The van der Waals surface area contributed by atoms with Crippen LogP contribution >= 0.6 is 0 Å². The first-order valence-electron chi connectivity index (χ1n) is 6.03. The number of amides is 1. The number of carbonyl (C=O) groups is 1. The van der Waals surface area contributed by atoms with Crippen LogP contribution in [0.2, 0.25) is 0 Å². The minimum atomic E-state index is -0.106. The summed E-state index contributed by atoms with van der Waals surface area (Å²) in [6, 6.07) is 0. The molecule has 0 radical (unpaired) electrons. The summed E-state index contributed by atoms with van der Waals surface area (Å²) in [5.41, 5.74) is 6.75. The lowest BCUT2D eigenvalue weighted by Crippen LogP contribution is -2.37. The zero-order chi connectivity index (χ0) is 13.7. The molecule has 0 aliphatic rings. The lowest BCUT2D eigenvalue weighted by molar-refractivity contribution is 0.0703. The fourth-order valence-electron chi connectivity index (χ4n) is 1.84. The highest BCUT2D eigenvalue weighted by atomic mass is 16.5. The van der Waals surface area contributed by atoms with Crippen LogP contribution < -0.4 is 5.73 Å². The number of nitrogens with zero attached hydrogens (tertiary/aromatic N) is 4. The predicted molar refractivity (Wildman–Crippen MR) is 69.8 cm³/mol. The van der Waals surface area contributed by atoms with Gasteiger partial charge >= 0.3 is 0 Å². The molecule has 2 rings (SSSR count). The van der Waals surface area contributed by atoms with Crippen LogP contribution in [0, 0.1) is 0 Å². The van der Waals surface area contributed by atoms with E-state index in [0.29, 0.717) is 37.3 Å². The number of hydrogen-bond acceptors (Lipinski definition) is 5. The molecule has 0 bridgehead atoms. The van der Waals surface area contributed by atoms with Gasteiger partial charge in [0.15, 0.2) is 0 Å². The van der Waals surface area contributed by atoms with E-state index in [4.69, 9.17) is 10.5 Å². The van der Waals surface area contributed by atoms with Crippen molar-refractivity contribution in [1.82, 2.24) is 19.5 Å². The highest BCUT2D eigenvalue weighted by Crippen LogP contribution is 2.11. The Morgan fingerprint density at radius 1 is 1.47 bits per heavy atom. The quantitative estimate of drug-likeness (QED) is 0.778. The number of carbonyl (C=O) groups excluding carboxylic acids is 1. The molecule has 0 spiro atoms. The Labute approximate surface area is 111 Å². The summed E-state index contributed by atoms with van der Waals surface area (Å²) in [6.07, 6.45) is 6.50. The van der Waals surface area contributed by atoms with Crippen LogP contribution in [0.4, 0.5) is 0 Å². The molecule has 102 valence electrons. The molecule has 0 aliphatic carbocycles. The topological polar surface area (TPSA) is 85.8 Å². The molecule has 2 aromatic heterocycles. The van der Waals surface area contributed by atoms with E-state index < -0.39 is 0 Å². The zero-order valence-electron chi connectivity index (χ0n) is 10.8. The summed E-state index contributed by atoms with van der Waals surface area (Å²) in [4.78, 5) is 18.1. The average molecular weight is 263 g/mol. The molecular weight excluding hydrogens is 246 g/mol. The van der Waals surface area contributed by atoms with Crippen molar-refractivity contribution in [3.05, 3.63) is 30.4 Å². The van der Waals surface area contributed by atoms with E-state index in [1.807, 2.05) is 0 Å². The highest BCUT2D eigenvalue weighted by molar-refractivity contribution is 6.00. The molecule has 0 atom stereocenters. The Morgan fingerprint density at radius 2 is 2.32 bits per heavy atom. The Kier molecular flexibility index (Phi) is 4.43. The van der Waals surface area contributed by atoms with E-state index in [9.17, 15) is 4.79 Å². The fourth-order valence-corrected chi connectivity index (χ4v) is 1.84. The first-order valence-corrected chi connectivity index (χ1v) is 6.03. The standard InChI is InChI=1S/C12H17N5O2/c1-19-7-6-16(4-2-13)12(18)10-8-15-17-5-3-14-9-11(10)17/h3,5,8-9H,2,4,6-7,13H2,1H3. The van der Waals surface area contributed by atoms with Gasteiger partial charge in [0.05, 0.1) is 30.1 Å². The van der Waals surface area contributed by atoms with Crippen LogP contribution in [-0.4, -0.2) is 58.8 Å². The lowest BCUT2D eigenvalue weighted by Gasteiger charge is -2.21. The Balaban J connectivity index is 2.25. The Hall–Kier alpha value is -1.99. The van der Waals surface area contributed by atoms with Gasteiger partial charge in [-0.05, 0) is 0 Å². The summed E-state index contributed by atoms with van der Waals surface area (Å²) in [7, 11) is 1.60. The van der Waals surface area contributed by atoms with Crippen LogP contribution in [-0.2, 0) is 4.74 Å². The summed E-state index contributed by atoms with van der Waals surface area (Å²) in [5.74, 6) is -0.106. The molecule has 7 nitrogen and oxygen atoms in total. The Morgan fingerprint density at radius 3 is 3.05 bits per heavy atom. The summed E-state index contributed by atoms with van der Waals surface area (Å²) in [5, 5.41) is 4.13. The molecule has 0 saturated carbocycles. The monoisotopic (exact) mass is 263 g/mol. The molecule has 0 unspecified atom stereocenters. The zero-order valence-corrected chi connectivity index (χ0v) is 10.8. The first kappa shape index (κ1) is 13.4. The van der Waals surface area contributed by atoms with E-state index in [1.165, 1.54) is 0 Å². The smallest absolute Gasteiger partial charge is 0.257 e. The number of nitrogens with two attached hydrogens (primary N) is 1. The van der Waals surface area contributed by atoms with Crippen molar-refractivity contribution < 1.29 is 9.53 Å². The molecule has 2 N–H and O–H groups in total. The second kappa shape index (κ2) is 6.26. The van der Waals surface area contributed by atoms with Gasteiger partial charge in [-0.15, -0.1) is 0 Å².